The third-order valence-electron chi connectivity index (χ3n) is 7.01. The maximum atomic E-state index is 11.8. The van der Waals surface area contributed by atoms with Gasteiger partial charge in [-0.3, -0.25) is 4.79 Å². The van der Waals surface area contributed by atoms with Gasteiger partial charge in [0.2, 0.25) is 5.91 Å². The molecule has 1 amide bonds. The number of rotatable bonds is 38. The first kappa shape index (κ1) is 50.1. The van der Waals surface area contributed by atoms with Crippen molar-refractivity contribution in [2.24, 2.45) is 5.41 Å². The molecule has 3 rings (SSSR count). The van der Waals surface area contributed by atoms with E-state index in [-0.39, 0.29) is 19.1 Å². The van der Waals surface area contributed by atoms with Crippen molar-refractivity contribution in [2.75, 3.05) is 130 Å². The van der Waals surface area contributed by atoms with Gasteiger partial charge in [0.1, 0.15) is 21.7 Å². The van der Waals surface area contributed by atoms with Crippen molar-refractivity contribution >= 4 is 70.7 Å². The Kier molecular flexibility index (Phi) is 31.1. The lowest BCUT2D eigenvalue weighted by Gasteiger charge is -2.33. The van der Waals surface area contributed by atoms with Crippen molar-refractivity contribution in [2.45, 2.75) is 22.0 Å². The Bertz CT molecular complexity index is 1230. The summed E-state index contributed by atoms with van der Waals surface area (Å²) >= 11 is 0. The Balaban J connectivity index is 1.43. The zero-order valence-electron chi connectivity index (χ0n) is 32.5. The first-order chi connectivity index (χ1) is 28.2. The summed E-state index contributed by atoms with van der Waals surface area (Å²) in [7, 11) is 10.0. The van der Waals surface area contributed by atoms with Gasteiger partial charge in [0.05, 0.1) is 105 Å². The lowest BCUT2D eigenvalue weighted by Crippen LogP contribution is -2.43. The number of aromatic nitrogens is 3. The highest BCUT2D eigenvalue weighted by Gasteiger charge is 2.32. The molecule has 318 valence electrons. The lowest BCUT2D eigenvalue weighted by molar-refractivity contribution is -0.129. The van der Waals surface area contributed by atoms with Crippen LogP contribution < -0.4 is 5.32 Å². The summed E-state index contributed by atoms with van der Waals surface area (Å²) in [6, 6.07) is 17.6. The van der Waals surface area contributed by atoms with Gasteiger partial charge in [0.25, 0.3) is 0 Å². The van der Waals surface area contributed by atoms with Gasteiger partial charge in [-0.2, -0.15) is 0 Å². The molecule has 0 saturated heterocycles. The van der Waals surface area contributed by atoms with Crippen molar-refractivity contribution in [1.29, 1.82) is 0 Å². The quantitative estimate of drug-likeness (QED) is 0.0478. The molecular formula is C38H56N4O9S6. The van der Waals surface area contributed by atoms with Crippen molar-refractivity contribution in [3.63, 3.8) is 0 Å². The molecule has 0 bridgehead atoms. The highest BCUT2D eigenvalue weighted by atomic mass is 33.1. The molecule has 0 aliphatic rings. The van der Waals surface area contributed by atoms with Gasteiger partial charge in [-0.15, -0.1) is 0 Å². The number of nitrogens with one attached hydrogen (secondary N) is 1. The monoisotopic (exact) mass is 904 g/mol. The Labute approximate surface area is 361 Å². The second-order valence-electron chi connectivity index (χ2n) is 11.8. The fourth-order valence-corrected chi connectivity index (χ4v) is 9.59. The van der Waals surface area contributed by atoms with E-state index >= 15 is 0 Å². The van der Waals surface area contributed by atoms with E-state index in [9.17, 15) is 4.79 Å². The number of ether oxygens (including phenoxy) is 8. The van der Waals surface area contributed by atoms with Crippen LogP contribution in [0.4, 0.5) is 0 Å². The van der Waals surface area contributed by atoms with Crippen LogP contribution in [0.1, 0.15) is 6.92 Å². The normalized spacial score (nSPS) is 11.6. The van der Waals surface area contributed by atoms with Crippen LogP contribution in [0.15, 0.2) is 88.3 Å². The van der Waals surface area contributed by atoms with Crippen LogP contribution in [0.5, 0.6) is 0 Å². The molecule has 0 aliphatic carbocycles. The van der Waals surface area contributed by atoms with E-state index in [4.69, 9.17) is 37.9 Å². The van der Waals surface area contributed by atoms with Crippen molar-refractivity contribution < 1.29 is 42.7 Å². The largest absolute Gasteiger partial charge is 0.378 e. The average Bonchev–Trinajstić information content (AvgIpc) is 3.24. The molecule has 0 unspecified atom stereocenters. The summed E-state index contributed by atoms with van der Waals surface area (Å²) in [5, 5.41) is 5.65. The van der Waals surface area contributed by atoms with Gasteiger partial charge in [-0.25, -0.2) is 15.0 Å². The SMILES string of the molecule is CCNC(=O)COCCOCC(COCCOCCSSc1ccccn1)(COCCOCCSSc1ccccn1)COCCOCCSSc1ccccn1. The van der Waals surface area contributed by atoms with Crippen LogP contribution in [0.3, 0.4) is 0 Å². The number of nitrogens with zero attached hydrogens (tertiary/aromatic N) is 3. The van der Waals surface area contributed by atoms with E-state index in [2.05, 4.69) is 20.3 Å². The molecule has 3 aromatic rings. The molecule has 0 radical (unpaired) electrons. The van der Waals surface area contributed by atoms with Crippen LogP contribution in [0, 0.1) is 5.41 Å². The number of likely N-dealkylation sites (N-methyl/N-ethyl adjacent to an activating group) is 1. The van der Waals surface area contributed by atoms with E-state index < -0.39 is 5.41 Å². The van der Waals surface area contributed by atoms with Crippen LogP contribution in [0.25, 0.3) is 0 Å². The summed E-state index contributed by atoms with van der Waals surface area (Å²) in [5.41, 5.74) is -0.626. The minimum Gasteiger partial charge on any atom is -0.378 e. The minimum atomic E-state index is -0.626. The number of amides is 1. The van der Waals surface area contributed by atoms with Crippen molar-refractivity contribution in [1.82, 2.24) is 20.3 Å². The zero-order chi connectivity index (χ0) is 40.2. The standard InChI is InChI=1S/C38H56N4O9S6/c1-2-39-34(43)29-47-18-22-51-33-38(30-48-19-15-44-23-26-52-55-35-9-3-6-12-40-35,31-49-20-16-45-24-27-53-56-36-10-4-7-13-41-36)32-50-21-17-46-25-28-54-57-37-11-5-8-14-42-37/h3-14H,2,15-33H2,1H3,(H,39,43). The molecule has 0 fully saturated rings. The number of hydrogen-bond donors (Lipinski definition) is 1. The van der Waals surface area contributed by atoms with E-state index in [1.54, 1.807) is 83.4 Å². The van der Waals surface area contributed by atoms with Gasteiger partial charge < -0.3 is 43.2 Å². The van der Waals surface area contributed by atoms with E-state index in [0.717, 1.165) is 32.3 Å². The lowest BCUT2D eigenvalue weighted by atomic mass is 9.92. The number of hydrogen-bond acceptors (Lipinski definition) is 18. The Morgan fingerprint density at radius 3 is 1.19 bits per heavy atom. The van der Waals surface area contributed by atoms with Gasteiger partial charge in [-0.1, -0.05) is 50.6 Å². The molecule has 3 heterocycles. The van der Waals surface area contributed by atoms with Crippen LogP contribution >= 0.6 is 64.8 Å². The van der Waals surface area contributed by atoms with Crippen molar-refractivity contribution in [3.05, 3.63) is 73.2 Å². The molecule has 19 heteroatoms. The second kappa shape index (κ2) is 35.5. The molecule has 0 saturated carbocycles. The van der Waals surface area contributed by atoms with Crippen LogP contribution in [0.2, 0.25) is 0 Å². The fourth-order valence-electron chi connectivity index (χ4n) is 4.37. The minimum absolute atomic E-state index is 0.0152. The fraction of sp³-hybridized carbons (Fsp3) is 0.579. The summed E-state index contributed by atoms with van der Waals surface area (Å²) in [5.74, 6) is 2.33. The maximum Gasteiger partial charge on any atom is 0.245 e. The number of carbonyl (C=O) groups is 1. The molecule has 0 spiro atoms. The predicted molar refractivity (Wildman–Crippen MR) is 235 cm³/mol. The molecular weight excluding hydrogens is 849 g/mol. The van der Waals surface area contributed by atoms with Crippen LogP contribution in [-0.2, 0) is 42.7 Å². The highest BCUT2D eigenvalue weighted by Crippen LogP contribution is 2.30. The average molecular weight is 905 g/mol. The summed E-state index contributed by atoms with van der Waals surface area (Å²) < 4.78 is 47.6. The van der Waals surface area contributed by atoms with Gasteiger partial charge in [0.15, 0.2) is 0 Å². The zero-order valence-corrected chi connectivity index (χ0v) is 37.4. The number of pyridine rings is 3. The molecule has 0 aliphatic heterocycles. The van der Waals surface area contributed by atoms with Crippen LogP contribution in [-0.4, -0.2) is 150 Å². The third-order valence-corrected chi connectivity index (χ3v) is 13.7. The van der Waals surface area contributed by atoms with Crippen molar-refractivity contribution in [3.8, 4) is 0 Å². The van der Waals surface area contributed by atoms with E-state index in [1.807, 2.05) is 61.5 Å². The Morgan fingerprint density at radius 2 is 0.860 bits per heavy atom. The van der Waals surface area contributed by atoms with E-state index in [0.29, 0.717) is 99.0 Å². The Hall–Kier alpha value is -1.30. The maximum absolute atomic E-state index is 11.8. The molecule has 13 nitrogen and oxygen atoms in total. The summed E-state index contributed by atoms with van der Waals surface area (Å²) in [6.07, 6.45) is 5.37. The summed E-state index contributed by atoms with van der Waals surface area (Å²) in [4.78, 5) is 24.8. The molecule has 0 aromatic carbocycles. The predicted octanol–water partition coefficient (Wildman–Crippen LogP) is 6.75. The second-order valence-corrected chi connectivity index (χ2v) is 19.1. The van der Waals surface area contributed by atoms with Gasteiger partial charge in [0, 0.05) is 42.4 Å². The molecule has 1 N–H and O–H groups in total. The Morgan fingerprint density at radius 1 is 0.509 bits per heavy atom. The van der Waals surface area contributed by atoms with E-state index in [1.165, 1.54) is 0 Å². The highest BCUT2D eigenvalue weighted by molar-refractivity contribution is 8.77. The smallest absolute Gasteiger partial charge is 0.245 e. The molecule has 3 aromatic heterocycles. The number of carbonyl (C=O) groups excluding carboxylic acids is 1. The molecule has 0 atom stereocenters. The molecule has 57 heavy (non-hydrogen) atoms. The third kappa shape index (κ3) is 27.2. The van der Waals surface area contributed by atoms with Gasteiger partial charge >= 0.3 is 0 Å². The first-order valence-electron chi connectivity index (χ1n) is 18.7. The van der Waals surface area contributed by atoms with Gasteiger partial charge in [-0.05, 0) is 75.7 Å². The topological polar surface area (TPSA) is 142 Å². The first-order valence-corrected chi connectivity index (χ1v) is 25.6. The summed E-state index contributed by atoms with van der Waals surface area (Å²) in [6.45, 7) is 8.64.